The smallest absolute Gasteiger partial charge is 0.410 e. The Bertz CT molecular complexity index is 1810. The highest BCUT2D eigenvalue weighted by Gasteiger charge is 2.36. The van der Waals surface area contributed by atoms with E-state index in [1.807, 2.05) is 80.3 Å². The third-order valence-electron chi connectivity index (χ3n) is 9.44. The minimum Gasteiger partial charge on any atom is -0.445 e. The Morgan fingerprint density at radius 3 is 2.28 bits per heavy atom. The SMILES string of the molecule is CC(C)(C)OC(=O)N1CCC[C@H]1c1ncc(-c2ccc(N3CCN(c4ncc([C@@H]5CCCN5C(=O)OCc5ccccc5)[nH]4)CC3=O)cc2)[nH]1. The monoisotopic (exact) mass is 680 g/mol. The van der Waals surface area contributed by atoms with Crippen LogP contribution in [0.25, 0.3) is 11.3 Å². The summed E-state index contributed by atoms with van der Waals surface area (Å²) in [5.41, 5.74) is 3.83. The van der Waals surface area contributed by atoms with Crippen molar-refractivity contribution in [2.24, 2.45) is 0 Å². The fourth-order valence-electron chi connectivity index (χ4n) is 6.96. The van der Waals surface area contributed by atoms with Gasteiger partial charge in [-0.1, -0.05) is 42.5 Å². The van der Waals surface area contributed by atoms with Crippen LogP contribution in [-0.4, -0.2) is 86.2 Å². The second kappa shape index (κ2) is 13.9. The molecule has 2 N–H and O–H groups in total. The Balaban J connectivity index is 0.946. The number of piperazine rings is 1. The van der Waals surface area contributed by atoms with E-state index >= 15 is 0 Å². The number of likely N-dealkylation sites (tertiary alicyclic amines) is 2. The lowest BCUT2D eigenvalue weighted by Gasteiger charge is -2.34. The Morgan fingerprint density at radius 1 is 0.840 bits per heavy atom. The van der Waals surface area contributed by atoms with Crippen molar-refractivity contribution in [2.75, 3.05) is 42.5 Å². The summed E-state index contributed by atoms with van der Waals surface area (Å²) in [5, 5.41) is 0. The zero-order chi connectivity index (χ0) is 34.8. The fourth-order valence-corrected chi connectivity index (χ4v) is 6.96. The van der Waals surface area contributed by atoms with Gasteiger partial charge in [-0.25, -0.2) is 19.6 Å². The number of hydrogen-bond acceptors (Lipinski definition) is 8. The molecule has 0 unspecified atom stereocenters. The molecule has 3 amide bonds. The number of amides is 3. The lowest BCUT2D eigenvalue weighted by molar-refractivity contribution is -0.117. The Labute approximate surface area is 291 Å². The van der Waals surface area contributed by atoms with Gasteiger partial charge in [0, 0.05) is 31.9 Å². The van der Waals surface area contributed by atoms with Crippen molar-refractivity contribution < 1.29 is 23.9 Å². The molecule has 13 heteroatoms. The Kier molecular flexibility index (Phi) is 9.21. The number of imidazole rings is 2. The minimum absolute atomic E-state index is 0.0266. The molecule has 4 aromatic rings. The van der Waals surface area contributed by atoms with Gasteiger partial charge in [0.1, 0.15) is 24.6 Å². The van der Waals surface area contributed by atoms with E-state index in [1.165, 1.54) is 0 Å². The van der Waals surface area contributed by atoms with Gasteiger partial charge in [-0.05, 0) is 69.7 Å². The number of hydrogen-bond donors (Lipinski definition) is 2. The maximum atomic E-state index is 13.4. The summed E-state index contributed by atoms with van der Waals surface area (Å²) in [4.78, 5) is 62.3. The first-order valence-electron chi connectivity index (χ1n) is 17.4. The first-order chi connectivity index (χ1) is 24.1. The summed E-state index contributed by atoms with van der Waals surface area (Å²) in [6.07, 6.45) is 6.30. The molecule has 3 aliphatic heterocycles. The van der Waals surface area contributed by atoms with E-state index < -0.39 is 5.60 Å². The van der Waals surface area contributed by atoms with E-state index in [1.54, 1.807) is 27.1 Å². The van der Waals surface area contributed by atoms with Crippen LogP contribution in [-0.2, 0) is 20.9 Å². The maximum absolute atomic E-state index is 13.4. The molecule has 0 aliphatic carbocycles. The van der Waals surface area contributed by atoms with Crippen LogP contribution < -0.4 is 9.80 Å². The van der Waals surface area contributed by atoms with Crippen molar-refractivity contribution in [1.82, 2.24) is 29.7 Å². The number of benzene rings is 2. The minimum atomic E-state index is -0.560. The number of H-pyrrole nitrogens is 2. The summed E-state index contributed by atoms with van der Waals surface area (Å²) in [7, 11) is 0. The molecular weight excluding hydrogens is 636 g/mol. The van der Waals surface area contributed by atoms with Gasteiger partial charge in [0.2, 0.25) is 11.9 Å². The van der Waals surface area contributed by atoms with Crippen molar-refractivity contribution in [3.05, 3.63) is 84.1 Å². The van der Waals surface area contributed by atoms with Crippen LogP contribution in [0.4, 0.5) is 21.2 Å². The molecule has 0 spiro atoms. The molecule has 2 aromatic heterocycles. The number of anilines is 2. The van der Waals surface area contributed by atoms with Crippen molar-refractivity contribution in [2.45, 2.75) is 70.7 Å². The number of rotatable bonds is 7. The van der Waals surface area contributed by atoms with Crippen molar-refractivity contribution >= 4 is 29.7 Å². The standard InChI is InChI=1S/C37H44N8O5/c1-37(2,3)50-36(48)45-18-8-12-31(45)33-38-21-28(40-33)26-13-15-27(16-14-26)43-20-19-42(23-32(43)46)34-39-22-29(41-34)30-11-7-17-44(30)35(47)49-24-25-9-5-4-6-10-25/h4-6,9-10,13-16,21-22,30-31H,7-8,11-12,17-20,23-24H2,1-3H3,(H,38,40)(H,39,41)/t30-,31-/m0/s1. The summed E-state index contributed by atoms with van der Waals surface area (Å²) in [6, 6.07) is 17.2. The van der Waals surface area contributed by atoms with E-state index in [9.17, 15) is 14.4 Å². The Hall–Kier alpha value is -5.33. The molecule has 0 radical (unpaired) electrons. The van der Waals surface area contributed by atoms with Crippen LogP contribution in [0.2, 0.25) is 0 Å². The molecule has 50 heavy (non-hydrogen) atoms. The maximum Gasteiger partial charge on any atom is 0.410 e. The van der Waals surface area contributed by atoms with Crippen molar-refractivity contribution in [3.63, 3.8) is 0 Å². The molecular formula is C37H44N8O5. The van der Waals surface area contributed by atoms with Gasteiger partial charge in [0.05, 0.1) is 35.9 Å². The summed E-state index contributed by atoms with van der Waals surface area (Å²) >= 11 is 0. The highest BCUT2D eigenvalue weighted by molar-refractivity contribution is 5.97. The van der Waals surface area contributed by atoms with Crippen LogP contribution in [0.3, 0.4) is 0 Å². The van der Waals surface area contributed by atoms with E-state index in [2.05, 4.69) is 19.9 Å². The number of carbonyl (C=O) groups excluding carboxylic acids is 3. The summed E-state index contributed by atoms with van der Waals surface area (Å²) < 4.78 is 11.2. The van der Waals surface area contributed by atoms with Crippen molar-refractivity contribution in [3.8, 4) is 11.3 Å². The third-order valence-corrected chi connectivity index (χ3v) is 9.44. The first-order valence-corrected chi connectivity index (χ1v) is 17.4. The molecule has 13 nitrogen and oxygen atoms in total. The molecule has 3 aliphatic rings. The van der Waals surface area contributed by atoms with Crippen LogP contribution in [0.1, 0.15) is 75.6 Å². The van der Waals surface area contributed by atoms with Gasteiger partial charge < -0.3 is 29.2 Å². The predicted molar refractivity (Wildman–Crippen MR) is 187 cm³/mol. The van der Waals surface area contributed by atoms with Crippen molar-refractivity contribution in [1.29, 1.82) is 0 Å². The highest BCUT2D eigenvalue weighted by atomic mass is 16.6. The molecule has 0 bridgehead atoms. The van der Waals surface area contributed by atoms with Gasteiger partial charge in [0.25, 0.3) is 0 Å². The third kappa shape index (κ3) is 7.17. The predicted octanol–water partition coefficient (Wildman–Crippen LogP) is 6.20. The van der Waals surface area contributed by atoms with Gasteiger partial charge in [-0.15, -0.1) is 0 Å². The van der Waals surface area contributed by atoms with Gasteiger partial charge >= 0.3 is 12.2 Å². The number of aromatic amines is 2. The second-order valence-corrected chi connectivity index (χ2v) is 14.1. The molecule has 2 atom stereocenters. The Morgan fingerprint density at radius 2 is 1.56 bits per heavy atom. The topological polar surface area (TPSA) is 140 Å². The normalized spacial score (nSPS) is 19.7. The van der Waals surface area contributed by atoms with Gasteiger partial charge in [-0.2, -0.15) is 0 Å². The summed E-state index contributed by atoms with van der Waals surface area (Å²) in [6.45, 7) is 8.39. The van der Waals surface area contributed by atoms with E-state index in [0.29, 0.717) is 32.1 Å². The zero-order valence-electron chi connectivity index (χ0n) is 28.8. The number of ether oxygens (including phenoxy) is 2. The number of nitrogens with zero attached hydrogens (tertiary/aromatic N) is 6. The molecule has 262 valence electrons. The molecule has 0 saturated carbocycles. The average molecular weight is 681 g/mol. The molecule has 2 aromatic carbocycles. The number of aromatic nitrogens is 4. The van der Waals surface area contributed by atoms with Gasteiger partial charge in [0.15, 0.2) is 0 Å². The zero-order valence-corrected chi connectivity index (χ0v) is 28.8. The van der Waals surface area contributed by atoms with Crippen LogP contribution in [0.15, 0.2) is 67.0 Å². The number of nitrogens with one attached hydrogen (secondary N) is 2. The quantitative estimate of drug-likeness (QED) is 0.235. The lowest BCUT2D eigenvalue weighted by Crippen LogP contribution is -2.51. The number of carbonyl (C=O) groups is 3. The van der Waals surface area contributed by atoms with Crippen LogP contribution in [0, 0.1) is 0 Å². The van der Waals surface area contributed by atoms with Crippen LogP contribution >= 0.6 is 0 Å². The van der Waals surface area contributed by atoms with Crippen LogP contribution in [0.5, 0.6) is 0 Å². The van der Waals surface area contributed by atoms with E-state index in [4.69, 9.17) is 9.47 Å². The largest absolute Gasteiger partial charge is 0.445 e. The molecule has 3 fully saturated rings. The first kappa shape index (κ1) is 33.2. The molecule has 5 heterocycles. The van der Waals surface area contributed by atoms with E-state index in [0.717, 1.165) is 59.7 Å². The second-order valence-electron chi connectivity index (χ2n) is 14.1. The fraction of sp³-hybridized carbons (Fsp3) is 0.432. The van der Waals surface area contributed by atoms with Gasteiger partial charge in [-0.3, -0.25) is 14.6 Å². The average Bonchev–Trinajstić information content (AvgIpc) is 3.93. The highest BCUT2D eigenvalue weighted by Crippen LogP contribution is 2.34. The summed E-state index contributed by atoms with van der Waals surface area (Å²) in [5.74, 6) is 1.33. The lowest BCUT2D eigenvalue weighted by atomic mass is 10.1. The van der Waals surface area contributed by atoms with E-state index in [-0.39, 0.29) is 43.3 Å². The molecule has 7 rings (SSSR count). The molecule has 3 saturated heterocycles.